The highest BCUT2D eigenvalue weighted by atomic mass is 127. The van der Waals surface area contributed by atoms with Gasteiger partial charge in [-0.3, -0.25) is 9.59 Å². The number of benzene rings is 3. The molecule has 1 saturated heterocycles. The van der Waals surface area contributed by atoms with Gasteiger partial charge in [0.2, 0.25) is 10.0 Å². The Morgan fingerprint density at radius 1 is 0.971 bits per heavy atom. The lowest BCUT2D eigenvalue weighted by Crippen LogP contribution is -2.39. The Hall–Kier alpha value is -2.76. The predicted octanol–water partition coefficient (Wildman–Crippen LogP) is 4.25. The second-order valence-electron chi connectivity index (χ2n) is 8.57. The van der Waals surface area contributed by atoms with E-state index in [4.69, 9.17) is 4.74 Å². The van der Waals surface area contributed by atoms with Gasteiger partial charge < -0.3 is 9.64 Å². The summed E-state index contributed by atoms with van der Waals surface area (Å²) in [5.41, 5.74) is 1.45. The van der Waals surface area contributed by atoms with E-state index in [9.17, 15) is 18.0 Å². The molecule has 0 saturated carbocycles. The van der Waals surface area contributed by atoms with E-state index in [0.717, 1.165) is 15.6 Å². The van der Waals surface area contributed by atoms with Gasteiger partial charge in [-0.2, -0.15) is 4.31 Å². The Morgan fingerprint density at radius 3 is 2.54 bits per heavy atom. The van der Waals surface area contributed by atoms with E-state index in [1.165, 1.54) is 21.3 Å². The number of hydrogen-bond donors (Lipinski definition) is 0. The van der Waals surface area contributed by atoms with E-state index in [1.54, 1.807) is 6.07 Å². The van der Waals surface area contributed by atoms with Crippen molar-refractivity contribution in [3.63, 3.8) is 0 Å². The van der Waals surface area contributed by atoms with Gasteiger partial charge in [-0.1, -0.05) is 30.3 Å². The van der Waals surface area contributed by atoms with Gasteiger partial charge in [0, 0.05) is 10.1 Å². The Kier molecular flexibility index (Phi) is 6.65. The number of hydrogen-bond acceptors (Lipinski definition) is 5. The van der Waals surface area contributed by atoms with Crippen molar-refractivity contribution in [2.75, 3.05) is 18.1 Å². The summed E-state index contributed by atoms with van der Waals surface area (Å²) in [5, 5.41) is 0. The molecule has 1 amide bonds. The highest BCUT2D eigenvalue weighted by molar-refractivity contribution is 14.1. The number of ketones is 1. The lowest BCUT2D eigenvalue weighted by molar-refractivity contribution is -0.114. The molecule has 2 aliphatic rings. The quantitative estimate of drug-likeness (QED) is 0.298. The van der Waals surface area contributed by atoms with Crippen molar-refractivity contribution in [1.82, 2.24) is 4.31 Å². The van der Waals surface area contributed by atoms with Crippen molar-refractivity contribution in [3.05, 3.63) is 87.5 Å². The molecule has 35 heavy (non-hydrogen) atoms. The molecule has 0 aromatic heterocycles. The van der Waals surface area contributed by atoms with Crippen LogP contribution in [0.1, 0.15) is 28.8 Å². The number of carbonyl (C=O) groups excluding carboxylic acids is 2. The molecule has 9 heteroatoms. The maximum Gasteiger partial charge on any atom is 0.299 e. The van der Waals surface area contributed by atoms with Crippen LogP contribution in [0.3, 0.4) is 0 Å². The van der Waals surface area contributed by atoms with Crippen LogP contribution in [0, 0.1) is 3.57 Å². The van der Waals surface area contributed by atoms with Crippen LogP contribution >= 0.6 is 22.6 Å². The number of para-hydroxylation sites is 1. The molecule has 180 valence electrons. The van der Waals surface area contributed by atoms with Gasteiger partial charge in [0.15, 0.2) is 0 Å². The van der Waals surface area contributed by atoms with Gasteiger partial charge in [0.25, 0.3) is 11.7 Å². The zero-order valence-electron chi connectivity index (χ0n) is 18.8. The largest absolute Gasteiger partial charge is 0.492 e. The first-order chi connectivity index (χ1) is 16.8. The summed E-state index contributed by atoms with van der Waals surface area (Å²) in [6.07, 6.45) is 1.42. The predicted molar refractivity (Wildman–Crippen MR) is 140 cm³/mol. The molecule has 1 fully saturated rings. The fourth-order valence-electron chi connectivity index (χ4n) is 4.55. The van der Waals surface area contributed by atoms with Crippen LogP contribution in [0.15, 0.2) is 77.7 Å². The molecule has 7 nitrogen and oxygen atoms in total. The lowest BCUT2D eigenvalue weighted by Gasteiger charge is -2.24. The minimum atomic E-state index is -3.87. The van der Waals surface area contributed by atoms with Crippen molar-refractivity contribution >= 4 is 50.0 Å². The van der Waals surface area contributed by atoms with Gasteiger partial charge in [-0.05, 0) is 83.5 Å². The lowest BCUT2D eigenvalue weighted by atomic mass is 10.1. The summed E-state index contributed by atoms with van der Waals surface area (Å²) in [6.45, 7) is 0.870. The molecule has 2 heterocycles. The standard InChI is InChI=1S/C26H23IN2O5S/c27-19-7-4-6-18(14-19)16-28-24-12-11-22(15-23(24)25(30)26(28)31)35(32,33)29-13-5-8-20(29)17-34-21-9-2-1-3-10-21/h1-4,6-7,9-12,14-15,20H,5,8,13,16-17H2/t20-/m0/s1. The Morgan fingerprint density at radius 2 is 1.77 bits per heavy atom. The van der Waals surface area contributed by atoms with E-state index in [-0.39, 0.29) is 29.7 Å². The molecule has 0 aliphatic carbocycles. The Balaban J connectivity index is 1.38. The van der Waals surface area contributed by atoms with Crippen molar-refractivity contribution < 1.29 is 22.7 Å². The van der Waals surface area contributed by atoms with Crippen LogP contribution in [0.25, 0.3) is 0 Å². The zero-order chi connectivity index (χ0) is 24.6. The fourth-order valence-corrected chi connectivity index (χ4v) is 6.87. The second kappa shape index (κ2) is 9.71. The number of fused-ring (bicyclic) bond motifs is 1. The van der Waals surface area contributed by atoms with Crippen LogP contribution in [0.2, 0.25) is 0 Å². The minimum Gasteiger partial charge on any atom is -0.492 e. The third kappa shape index (κ3) is 4.72. The van der Waals surface area contributed by atoms with Gasteiger partial charge in [0.05, 0.1) is 28.7 Å². The van der Waals surface area contributed by atoms with Crippen LogP contribution in [0.4, 0.5) is 5.69 Å². The highest BCUT2D eigenvalue weighted by Crippen LogP contribution is 2.34. The summed E-state index contributed by atoms with van der Waals surface area (Å²) < 4.78 is 35.3. The number of carbonyl (C=O) groups is 2. The van der Waals surface area contributed by atoms with Gasteiger partial charge in [-0.15, -0.1) is 0 Å². The maximum atomic E-state index is 13.5. The number of rotatable bonds is 7. The average Bonchev–Trinajstić information content (AvgIpc) is 3.43. The minimum absolute atomic E-state index is 0.0140. The van der Waals surface area contributed by atoms with Crippen LogP contribution in [-0.2, 0) is 21.4 Å². The molecule has 0 bridgehead atoms. The van der Waals surface area contributed by atoms with Gasteiger partial charge in [0.1, 0.15) is 12.4 Å². The van der Waals surface area contributed by atoms with Crippen molar-refractivity contribution in [1.29, 1.82) is 0 Å². The Labute approximate surface area is 217 Å². The van der Waals surface area contributed by atoms with E-state index < -0.39 is 21.7 Å². The summed E-state index contributed by atoms with van der Waals surface area (Å²) >= 11 is 2.19. The normalized spacial score (nSPS) is 18.2. The number of ether oxygens (including phenoxy) is 1. The molecule has 0 N–H and O–H groups in total. The molecule has 0 spiro atoms. The number of amides is 1. The number of Topliss-reactive ketones (excluding diaryl/α,β-unsaturated/α-hetero) is 1. The molecule has 3 aromatic carbocycles. The fraction of sp³-hybridized carbons (Fsp3) is 0.231. The van der Waals surface area contributed by atoms with E-state index in [0.29, 0.717) is 24.4 Å². The van der Waals surface area contributed by atoms with Crippen LogP contribution in [0.5, 0.6) is 5.75 Å². The molecule has 3 aromatic rings. The summed E-state index contributed by atoms with van der Waals surface area (Å²) in [5.74, 6) is -0.650. The maximum absolute atomic E-state index is 13.5. The molecule has 0 unspecified atom stereocenters. The second-order valence-corrected chi connectivity index (χ2v) is 11.7. The summed E-state index contributed by atoms with van der Waals surface area (Å²) in [4.78, 5) is 26.9. The van der Waals surface area contributed by atoms with Crippen LogP contribution in [-0.4, -0.2) is 43.6 Å². The van der Waals surface area contributed by atoms with Gasteiger partial charge in [-0.25, -0.2) is 8.42 Å². The molecular formula is C26H23IN2O5S. The Bertz CT molecular complexity index is 1390. The molecule has 1 atom stereocenters. The van der Waals surface area contributed by atoms with Crippen molar-refractivity contribution in [3.8, 4) is 5.75 Å². The number of sulfonamides is 1. The molecule has 5 rings (SSSR count). The summed E-state index contributed by atoms with van der Waals surface area (Å²) in [6, 6.07) is 21.0. The molecule has 0 radical (unpaired) electrons. The number of nitrogens with zero attached hydrogens (tertiary/aromatic N) is 2. The first kappa shape index (κ1) is 24.0. The van der Waals surface area contributed by atoms with E-state index in [2.05, 4.69) is 22.6 Å². The van der Waals surface area contributed by atoms with E-state index in [1.807, 2.05) is 54.6 Å². The van der Waals surface area contributed by atoms with Gasteiger partial charge >= 0.3 is 0 Å². The third-order valence-electron chi connectivity index (χ3n) is 6.29. The van der Waals surface area contributed by atoms with E-state index >= 15 is 0 Å². The third-order valence-corrected chi connectivity index (χ3v) is 8.91. The topological polar surface area (TPSA) is 84.0 Å². The first-order valence-electron chi connectivity index (χ1n) is 11.3. The molecular weight excluding hydrogens is 579 g/mol. The van der Waals surface area contributed by atoms with Crippen molar-refractivity contribution in [2.45, 2.75) is 30.3 Å². The monoisotopic (exact) mass is 602 g/mol. The number of anilines is 1. The van der Waals surface area contributed by atoms with Crippen LogP contribution < -0.4 is 9.64 Å². The molecule has 2 aliphatic heterocycles. The SMILES string of the molecule is O=C1C(=O)N(Cc2cccc(I)c2)c2ccc(S(=O)(=O)N3CCC[C@H]3COc3ccccc3)cc21. The average molecular weight is 602 g/mol. The highest BCUT2D eigenvalue weighted by Gasteiger charge is 2.40. The number of halogens is 1. The first-order valence-corrected chi connectivity index (χ1v) is 13.8. The summed E-state index contributed by atoms with van der Waals surface area (Å²) in [7, 11) is -3.87. The zero-order valence-corrected chi connectivity index (χ0v) is 21.7. The smallest absolute Gasteiger partial charge is 0.299 e. The van der Waals surface area contributed by atoms with Crippen molar-refractivity contribution in [2.24, 2.45) is 0 Å².